The second kappa shape index (κ2) is 13.3. The molecule has 0 bridgehead atoms. The standard InChI is InChI=1S/C30H28F3N9O3S/c1-16-4-5-21(39-27(44)19-8-20(30(31,32)33)10-22(9-19)42-14-17(2)36-15-42)11-23(16)40-28(45)24-13-35-29(46-24)41-26-12-25(34-6-7-43)37-18(3)38-26/h4-5,8-15,43H,6-7H2,1-3H3,(H,39,44)(H,40,45)(H2,34,35,37,38,41). The molecule has 46 heavy (non-hydrogen) atoms. The number of imidazole rings is 1. The minimum Gasteiger partial charge on any atom is -0.395 e. The molecule has 5 rings (SSSR count). The van der Waals surface area contributed by atoms with E-state index >= 15 is 0 Å². The number of nitrogens with one attached hydrogen (secondary N) is 4. The quantitative estimate of drug-likeness (QED) is 0.127. The number of anilines is 5. The van der Waals surface area contributed by atoms with Gasteiger partial charge >= 0.3 is 6.18 Å². The van der Waals surface area contributed by atoms with Crippen LogP contribution in [0.15, 0.2) is 61.2 Å². The topological polar surface area (TPSA) is 159 Å². The number of halogens is 3. The molecule has 5 aromatic rings. The van der Waals surface area contributed by atoms with E-state index in [0.29, 0.717) is 46.1 Å². The number of aromatic nitrogens is 5. The lowest BCUT2D eigenvalue weighted by atomic mass is 10.1. The molecule has 0 aliphatic carbocycles. The van der Waals surface area contributed by atoms with Gasteiger partial charge < -0.3 is 30.9 Å². The molecule has 12 nitrogen and oxygen atoms in total. The molecule has 0 atom stereocenters. The van der Waals surface area contributed by atoms with E-state index in [1.807, 2.05) is 0 Å². The predicted molar refractivity (Wildman–Crippen MR) is 168 cm³/mol. The van der Waals surface area contributed by atoms with Crippen molar-refractivity contribution in [2.75, 3.05) is 34.4 Å². The Kier molecular flexibility index (Phi) is 9.29. The minimum atomic E-state index is -4.68. The molecule has 0 fully saturated rings. The number of benzene rings is 2. The third kappa shape index (κ3) is 7.83. The highest BCUT2D eigenvalue weighted by molar-refractivity contribution is 7.17. The number of aryl methyl sites for hydroxylation is 3. The molecular weight excluding hydrogens is 623 g/mol. The maximum absolute atomic E-state index is 13.7. The van der Waals surface area contributed by atoms with E-state index < -0.39 is 23.6 Å². The summed E-state index contributed by atoms with van der Waals surface area (Å²) < 4.78 is 42.4. The highest BCUT2D eigenvalue weighted by atomic mass is 32.1. The zero-order chi connectivity index (χ0) is 33.0. The number of aliphatic hydroxyl groups is 1. The van der Waals surface area contributed by atoms with Crippen LogP contribution >= 0.6 is 11.3 Å². The summed E-state index contributed by atoms with van der Waals surface area (Å²) in [5.74, 6) is 0.228. The maximum Gasteiger partial charge on any atom is 0.416 e. The van der Waals surface area contributed by atoms with Crippen molar-refractivity contribution in [2.24, 2.45) is 0 Å². The van der Waals surface area contributed by atoms with Crippen molar-refractivity contribution in [3.8, 4) is 5.69 Å². The van der Waals surface area contributed by atoms with Gasteiger partial charge in [-0.3, -0.25) is 9.59 Å². The van der Waals surface area contributed by atoms with E-state index in [1.165, 1.54) is 29.2 Å². The van der Waals surface area contributed by atoms with Gasteiger partial charge in [0, 0.05) is 41.4 Å². The number of carbonyl (C=O) groups excluding carboxylic acids is 2. The Hall–Kier alpha value is -5.35. The van der Waals surface area contributed by atoms with Gasteiger partial charge in [-0.15, -0.1) is 0 Å². The molecule has 0 aliphatic heterocycles. The van der Waals surface area contributed by atoms with Crippen molar-refractivity contribution in [3.05, 3.63) is 94.3 Å². The third-order valence-electron chi connectivity index (χ3n) is 6.48. The number of rotatable bonds is 10. The highest BCUT2D eigenvalue weighted by Gasteiger charge is 2.32. The molecule has 0 unspecified atom stereocenters. The zero-order valence-corrected chi connectivity index (χ0v) is 25.5. The molecule has 0 spiro atoms. The number of aliphatic hydroxyl groups excluding tert-OH is 1. The second-order valence-corrected chi connectivity index (χ2v) is 11.1. The Morgan fingerprint density at radius 1 is 0.957 bits per heavy atom. The summed E-state index contributed by atoms with van der Waals surface area (Å²) in [5, 5.41) is 20.9. The van der Waals surface area contributed by atoms with E-state index in [1.54, 1.807) is 45.2 Å². The van der Waals surface area contributed by atoms with Crippen molar-refractivity contribution in [3.63, 3.8) is 0 Å². The van der Waals surface area contributed by atoms with Crippen LogP contribution in [0.4, 0.5) is 41.3 Å². The Balaban J connectivity index is 1.30. The molecule has 0 saturated heterocycles. The average Bonchev–Trinajstić information content (AvgIpc) is 3.66. The summed E-state index contributed by atoms with van der Waals surface area (Å²) in [6.07, 6.45) is -0.355. The molecule has 2 aromatic carbocycles. The van der Waals surface area contributed by atoms with Crippen molar-refractivity contribution in [1.29, 1.82) is 0 Å². The first kappa shape index (κ1) is 32.1. The van der Waals surface area contributed by atoms with Gasteiger partial charge in [-0.05, 0) is 56.7 Å². The van der Waals surface area contributed by atoms with E-state index in [2.05, 4.69) is 41.2 Å². The normalized spacial score (nSPS) is 11.3. The van der Waals surface area contributed by atoms with Gasteiger partial charge in [0.2, 0.25) is 0 Å². The van der Waals surface area contributed by atoms with Crippen LogP contribution in [0.1, 0.15) is 42.7 Å². The number of hydrogen-bond donors (Lipinski definition) is 5. The summed E-state index contributed by atoms with van der Waals surface area (Å²) in [6, 6.07) is 9.47. The van der Waals surface area contributed by atoms with Crippen molar-refractivity contribution >= 4 is 51.3 Å². The van der Waals surface area contributed by atoms with Crippen LogP contribution in [0.2, 0.25) is 0 Å². The van der Waals surface area contributed by atoms with Gasteiger partial charge in [0.05, 0.1) is 30.4 Å². The Bertz CT molecular complexity index is 1910. The van der Waals surface area contributed by atoms with Crippen LogP contribution in [0.5, 0.6) is 0 Å². The van der Waals surface area contributed by atoms with E-state index in [4.69, 9.17) is 5.11 Å². The maximum atomic E-state index is 13.7. The van der Waals surface area contributed by atoms with Crippen molar-refractivity contribution in [2.45, 2.75) is 26.9 Å². The lowest BCUT2D eigenvalue weighted by Gasteiger charge is -2.14. The van der Waals surface area contributed by atoms with Crippen LogP contribution < -0.4 is 21.3 Å². The minimum absolute atomic E-state index is 0.0606. The summed E-state index contributed by atoms with van der Waals surface area (Å²) in [7, 11) is 0. The first-order chi connectivity index (χ1) is 21.9. The Morgan fingerprint density at radius 3 is 2.46 bits per heavy atom. The number of alkyl halides is 3. The molecule has 3 heterocycles. The van der Waals surface area contributed by atoms with E-state index in [0.717, 1.165) is 23.5 Å². The van der Waals surface area contributed by atoms with Gasteiger partial charge in [0.15, 0.2) is 5.13 Å². The van der Waals surface area contributed by atoms with E-state index in [9.17, 15) is 22.8 Å². The van der Waals surface area contributed by atoms with Crippen molar-refractivity contribution in [1.82, 2.24) is 24.5 Å². The molecule has 0 aliphatic rings. The van der Waals surface area contributed by atoms with Gasteiger partial charge in [0.1, 0.15) is 22.3 Å². The molecule has 3 aromatic heterocycles. The largest absolute Gasteiger partial charge is 0.416 e. The van der Waals surface area contributed by atoms with Crippen molar-refractivity contribution < 1.29 is 27.9 Å². The van der Waals surface area contributed by atoms with Crippen LogP contribution in [-0.2, 0) is 6.18 Å². The Morgan fingerprint density at radius 2 is 1.74 bits per heavy atom. The lowest BCUT2D eigenvalue weighted by molar-refractivity contribution is -0.137. The molecule has 5 N–H and O–H groups in total. The molecule has 2 amide bonds. The molecule has 0 saturated carbocycles. The summed E-state index contributed by atoms with van der Waals surface area (Å²) in [6.45, 7) is 5.43. The van der Waals surface area contributed by atoms with Crippen LogP contribution in [0, 0.1) is 20.8 Å². The van der Waals surface area contributed by atoms with Crippen LogP contribution in [-0.4, -0.2) is 54.6 Å². The third-order valence-corrected chi connectivity index (χ3v) is 7.39. The number of carbonyl (C=O) groups is 2. The number of amides is 2. The summed E-state index contributed by atoms with van der Waals surface area (Å²) in [5.41, 5.74) is 0.878. The van der Waals surface area contributed by atoms with E-state index in [-0.39, 0.29) is 28.4 Å². The Labute approximate surface area is 264 Å². The van der Waals surface area contributed by atoms with Crippen LogP contribution in [0.25, 0.3) is 5.69 Å². The zero-order valence-electron chi connectivity index (χ0n) is 24.7. The predicted octanol–water partition coefficient (Wildman–Crippen LogP) is 5.72. The molecule has 0 radical (unpaired) electrons. The monoisotopic (exact) mass is 651 g/mol. The lowest BCUT2D eigenvalue weighted by Crippen LogP contribution is -2.16. The number of thiazole rings is 1. The fourth-order valence-corrected chi connectivity index (χ4v) is 5.01. The van der Waals surface area contributed by atoms with Gasteiger partial charge in [-0.1, -0.05) is 17.4 Å². The highest BCUT2D eigenvalue weighted by Crippen LogP contribution is 2.32. The van der Waals surface area contributed by atoms with Crippen LogP contribution in [0.3, 0.4) is 0 Å². The van der Waals surface area contributed by atoms with Gasteiger partial charge in [0.25, 0.3) is 11.8 Å². The summed E-state index contributed by atoms with van der Waals surface area (Å²) >= 11 is 1.08. The fourth-order valence-electron chi connectivity index (χ4n) is 4.29. The molecule has 16 heteroatoms. The SMILES string of the molecule is Cc1cn(-c2cc(C(=O)Nc3ccc(C)c(NC(=O)c4cnc(Nc5cc(NCCO)nc(C)n5)s4)c3)cc(C(F)(F)F)c2)cn1. The number of hydrogen-bond acceptors (Lipinski definition) is 10. The fraction of sp³-hybridized carbons (Fsp3) is 0.200. The average molecular weight is 652 g/mol. The first-order valence-corrected chi connectivity index (χ1v) is 14.6. The smallest absolute Gasteiger partial charge is 0.395 e. The first-order valence-electron chi connectivity index (χ1n) is 13.8. The molecular formula is C30H28F3N9O3S. The van der Waals surface area contributed by atoms with Gasteiger partial charge in [-0.25, -0.2) is 19.9 Å². The summed E-state index contributed by atoms with van der Waals surface area (Å²) in [4.78, 5) is 43.4. The number of nitrogens with zero attached hydrogens (tertiary/aromatic N) is 5. The molecule has 238 valence electrons. The van der Waals surface area contributed by atoms with Gasteiger partial charge in [-0.2, -0.15) is 13.2 Å². The second-order valence-electron chi connectivity index (χ2n) is 10.1.